The maximum absolute atomic E-state index is 13.6. The van der Waals surface area contributed by atoms with E-state index in [2.05, 4.69) is 11.9 Å². The molecule has 0 unspecified atom stereocenters. The fraction of sp³-hybridized carbons (Fsp3) is 0.364. The summed E-state index contributed by atoms with van der Waals surface area (Å²) in [6, 6.07) is 11.8. The monoisotopic (exact) mass is 432 g/mol. The quantitative estimate of drug-likeness (QED) is 0.419. The zero-order valence-corrected chi connectivity index (χ0v) is 18.3. The standard InChI is InChI=1S/C22H25FN2O2S2/c1-3-4-5-12-27-18-8-6-7-16(14-18)21(26)24-22-25(11-13-28-2)19-10-9-17(23)15-20(19)29-22/h6-10,14-15H,3-5,11-13H2,1-2H3. The third kappa shape index (κ3) is 5.70. The zero-order chi connectivity index (χ0) is 20.6. The molecule has 0 saturated heterocycles. The number of hydrogen-bond donors (Lipinski definition) is 0. The van der Waals surface area contributed by atoms with Crippen LogP contribution in [0.3, 0.4) is 0 Å². The number of aryl methyl sites for hydroxylation is 1. The fourth-order valence-corrected chi connectivity index (χ4v) is 4.39. The van der Waals surface area contributed by atoms with Gasteiger partial charge in [-0.15, -0.1) is 0 Å². The van der Waals surface area contributed by atoms with Gasteiger partial charge in [-0.3, -0.25) is 4.79 Å². The summed E-state index contributed by atoms with van der Waals surface area (Å²) in [6.07, 6.45) is 5.28. The molecule has 4 nitrogen and oxygen atoms in total. The predicted octanol–water partition coefficient (Wildman–Crippen LogP) is 5.52. The van der Waals surface area contributed by atoms with Crippen LogP contribution in [-0.4, -0.2) is 29.1 Å². The molecule has 1 heterocycles. The SMILES string of the molecule is CCCCCOc1cccc(C(=O)N=c2sc3cc(F)ccc3n2CCSC)c1. The van der Waals surface area contributed by atoms with Gasteiger partial charge in [0.2, 0.25) is 0 Å². The van der Waals surface area contributed by atoms with Crippen molar-refractivity contribution in [1.82, 2.24) is 4.57 Å². The summed E-state index contributed by atoms with van der Waals surface area (Å²) in [5.41, 5.74) is 1.38. The van der Waals surface area contributed by atoms with E-state index in [0.29, 0.717) is 29.3 Å². The van der Waals surface area contributed by atoms with E-state index in [4.69, 9.17) is 4.74 Å². The second kappa shape index (κ2) is 10.6. The van der Waals surface area contributed by atoms with Crippen molar-refractivity contribution in [2.75, 3.05) is 18.6 Å². The number of thioether (sulfide) groups is 1. The molecule has 0 aliphatic heterocycles. The molecule has 0 bridgehead atoms. The molecule has 0 aliphatic carbocycles. The Labute approximate surface area is 178 Å². The molecule has 0 saturated carbocycles. The maximum Gasteiger partial charge on any atom is 0.279 e. The predicted molar refractivity (Wildman–Crippen MR) is 120 cm³/mol. The largest absolute Gasteiger partial charge is 0.494 e. The average molecular weight is 433 g/mol. The Morgan fingerprint density at radius 3 is 2.90 bits per heavy atom. The molecule has 0 aliphatic rings. The maximum atomic E-state index is 13.6. The van der Waals surface area contributed by atoms with Crippen molar-refractivity contribution in [1.29, 1.82) is 0 Å². The molecule has 0 fully saturated rings. The first-order valence-corrected chi connectivity index (χ1v) is 11.9. The molecule has 3 aromatic rings. The molecule has 0 atom stereocenters. The number of nitrogens with zero attached hydrogens (tertiary/aromatic N) is 2. The van der Waals surface area contributed by atoms with Crippen LogP contribution in [0.4, 0.5) is 4.39 Å². The third-order valence-corrected chi connectivity index (χ3v) is 6.09. The Hall–Kier alpha value is -2.12. The van der Waals surface area contributed by atoms with Crippen LogP contribution in [0.15, 0.2) is 47.5 Å². The number of amides is 1. The number of unbranched alkanes of at least 4 members (excludes halogenated alkanes) is 2. The topological polar surface area (TPSA) is 43.6 Å². The van der Waals surface area contributed by atoms with E-state index in [1.165, 1.54) is 23.5 Å². The van der Waals surface area contributed by atoms with Crippen molar-refractivity contribution in [3.05, 3.63) is 58.6 Å². The van der Waals surface area contributed by atoms with E-state index in [1.807, 2.05) is 16.9 Å². The summed E-state index contributed by atoms with van der Waals surface area (Å²) < 4.78 is 22.1. The van der Waals surface area contributed by atoms with E-state index in [9.17, 15) is 9.18 Å². The first-order chi connectivity index (χ1) is 14.1. The minimum absolute atomic E-state index is 0.290. The summed E-state index contributed by atoms with van der Waals surface area (Å²) in [5.74, 6) is 0.942. The Kier molecular flexibility index (Phi) is 7.89. The smallest absolute Gasteiger partial charge is 0.279 e. The van der Waals surface area contributed by atoms with E-state index in [-0.39, 0.29) is 11.7 Å². The van der Waals surface area contributed by atoms with Gasteiger partial charge in [-0.05, 0) is 49.1 Å². The highest BCUT2D eigenvalue weighted by Gasteiger charge is 2.11. The Morgan fingerprint density at radius 1 is 1.24 bits per heavy atom. The van der Waals surface area contributed by atoms with Gasteiger partial charge in [0, 0.05) is 17.9 Å². The molecular weight excluding hydrogens is 407 g/mol. The fourth-order valence-electron chi connectivity index (χ4n) is 2.94. The van der Waals surface area contributed by atoms with E-state index < -0.39 is 0 Å². The van der Waals surface area contributed by atoms with Gasteiger partial charge in [-0.2, -0.15) is 16.8 Å². The summed E-state index contributed by atoms with van der Waals surface area (Å²) in [7, 11) is 0. The van der Waals surface area contributed by atoms with Crippen LogP contribution in [0, 0.1) is 5.82 Å². The Balaban J connectivity index is 1.89. The number of halogens is 1. The van der Waals surface area contributed by atoms with Crippen LogP contribution < -0.4 is 9.54 Å². The second-order valence-electron chi connectivity index (χ2n) is 6.64. The summed E-state index contributed by atoms with van der Waals surface area (Å²) in [4.78, 5) is 17.7. The molecule has 0 radical (unpaired) electrons. The zero-order valence-electron chi connectivity index (χ0n) is 16.7. The molecule has 0 spiro atoms. The normalized spacial score (nSPS) is 11.9. The van der Waals surface area contributed by atoms with Crippen molar-refractivity contribution in [3.8, 4) is 5.75 Å². The molecule has 29 heavy (non-hydrogen) atoms. The van der Waals surface area contributed by atoms with Crippen LogP contribution in [0.1, 0.15) is 36.5 Å². The average Bonchev–Trinajstić information content (AvgIpc) is 3.05. The molecule has 1 amide bonds. The highest BCUT2D eigenvalue weighted by Crippen LogP contribution is 2.20. The molecule has 1 aromatic heterocycles. The lowest BCUT2D eigenvalue weighted by Gasteiger charge is -2.06. The van der Waals surface area contributed by atoms with Crippen molar-refractivity contribution in [2.24, 2.45) is 4.99 Å². The van der Waals surface area contributed by atoms with E-state index >= 15 is 0 Å². The number of aromatic nitrogens is 1. The van der Waals surface area contributed by atoms with E-state index in [1.54, 1.807) is 36.0 Å². The van der Waals surface area contributed by atoms with Crippen LogP contribution in [0.25, 0.3) is 10.2 Å². The van der Waals surface area contributed by atoms with Crippen molar-refractivity contribution < 1.29 is 13.9 Å². The molecule has 7 heteroatoms. The number of ether oxygens (including phenoxy) is 1. The summed E-state index contributed by atoms with van der Waals surface area (Å²) in [5, 5.41) is 0. The van der Waals surface area contributed by atoms with Gasteiger partial charge in [0.05, 0.1) is 16.8 Å². The number of thiazole rings is 1. The number of rotatable bonds is 9. The Bertz CT molecular complexity index is 1040. The van der Waals surface area contributed by atoms with Gasteiger partial charge in [-0.25, -0.2) is 4.39 Å². The van der Waals surface area contributed by atoms with Crippen LogP contribution >= 0.6 is 23.1 Å². The number of carbonyl (C=O) groups excluding carboxylic acids is 1. The van der Waals surface area contributed by atoms with E-state index in [0.717, 1.165) is 35.2 Å². The van der Waals surface area contributed by atoms with Crippen molar-refractivity contribution in [2.45, 2.75) is 32.7 Å². The van der Waals surface area contributed by atoms with Gasteiger partial charge < -0.3 is 9.30 Å². The van der Waals surface area contributed by atoms with Gasteiger partial charge in [-0.1, -0.05) is 37.2 Å². The van der Waals surface area contributed by atoms with Gasteiger partial charge in [0.15, 0.2) is 4.80 Å². The lowest BCUT2D eigenvalue weighted by Crippen LogP contribution is -2.18. The molecule has 154 valence electrons. The minimum atomic E-state index is -0.325. The van der Waals surface area contributed by atoms with Gasteiger partial charge in [0.1, 0.15) is 11.6 Å². The highest BCUT2D eigenvalue weighted by atomic mass is 32.2. The molecule has 3 rings (SSSR count). The number of benzene rings is 2. The number of hydrogen-bond acceptors (Lipinski definition) is 4. The van der Waals surface area contributed by atoms with Crippen LogP contribution in [0.5, 0.6) is 5.75 Å². The van der Waals surface area contributed by atoms with Crippen LogP contribution in [-0.2, 0) is 6.54 Å². The Morgan fingerprint density at radius 2 is 2.10 bits per heavy atom. The number of carbonyl (C=O) groups is 1. The third-order valence-electron chi connectivity index (χ3n) is 4.46. The lowest BCUT2D eigenvalue weighted by molar-refractivity contribution is 0.0997. The summed E-state index contributed by atoms with van der Waals surface area (Å²) in [6.45, 7) is 3.49. The first kappa shape index (κ1) is 21.6. The van der Waals surface area contributed by atoms with Crippen molar-refractivity contribution in [3.63, 3.8) is 0 Å². The highest BCUT2D eigenvalue weighted by molar-refractivity contribution is 7.98. The summed E-state index contributed by atoms with van der Waals surface area (Å²) >= 11 is 3.05. The first-order valence-electron chi connectivity index (χ1n) is 9.72. The second-order valence-corrected chi connectivity index (χ2v) is 8.64. The van der Waals surface area contributed by atoms with Gasteiger partial charge in [0.25, 0.3) is 5.91 Å². The molecular formula is C22H25FN2O2S2. The molecule has 0 N–H and O–H groups in total. The molecule has 2 aromatic carbocycles. The van der Waals surface area contributed by atoms with Crippen LogP contribution in [0.2, 0.25) is 0 Å². The minimum Gasteiger partial charge on any atom is -0.494 e. The number of fused-ring (bicyclic) bond motifs is 1. The van der Waals surface area contributed by atoms with Crippen molar-refractivity contribution >= 4 is 39.2 Å². The van der Waals surface area contributed by atoms with Gasteiger partial charge >= 0.3 is 0 Å². The lowest BCUT2D eigenvalue weighted by atomic mass is 10.2.